The normalized spacial score (nSPS) is 26.9. The number of fused-ring (bicyclic) bond motifs is 1. The van der Waals surface area contributed by atoms with Crippen LogP contribution in [0, 0.1) is 5.92 Å². The quantitative estimate of drug-likeness (QED) is 0.900. The van der Waals surface area contributed by atoms with Gasteiger partial charge in [-0.05, 0) is 37.4 Å². The Kier molecular flexibility index (Phi) is 6.44. The average molecular weight is 289 g/mol. The van der Waals surface area contributed by atoms with E-state index in [2.05, 4.69) is 40.5 Å². The molecule has 18 heavy (non-hydrogen) atoms. The summed E-state index contributed by atoms with van der Waals surface area (Å²) >= 11 is 0. The van der Waals surface area contributed by atoms with E-state index in [0.29, 0.717) is 0 Å². The molecule has 2 aliphatic rings. The zero-order valence-electron chi connectivity index (χ0n) is 10.5. The van der Waals surface area contributed by atoms with Crippen molar-refractivity contribution in [2.24, 2.45) is 5.92 Å². The van der Waals surface area contributed by atoms with Gasteiger partial charge in [0, 0.05) is 19.1 Å². The Hall–Kier alpha value is -0.280. The van der Waals surface area contributed by atoms with Crippen LogP contribution >= 0.6 is 24.8 Å². The Morgan fingerprint density at radius 1 is 1.11 bits per heavy atom. The van der Waals surface area contributed by atoms with Gasteiger partial charge in [-0.1, -0.05) is 30.3 Å². The summed E-state index contributed by atoms with van der Waals surface area (Å²) in [7, 11) is 0. The third-order valence-corrected chi connectivity index (χ3v) is 4.01. The molecule has 4 heteroatoms. The molecule has 102 valence electrons. The first kappa shape index (κ1) is 15.8. The van der Waals surface area contributed by atoms with E-state index in [0.717, 1.165) is 18.5 Å². The lowest BCUT2D eigenvalue weighted by molar-refractivity contribution is 0.159. The van der Waals surface area contributed by atoms with Crippen LogP contribution in [0.1, 0.15) is 18.4 Å². The van der Waals surface area contributed by atoms with Gasteiger partial charge >= 0.3 is 0 Å². The number of nitrogens with zero attached hydrogens (tertiary/aromatic N) is 1. The van der Waals surface area contributed by atoms with Crippen molar-refractivity contribution in [1.82, 2.24) is 10.2 Å². The molecular formula is C14H22Cl2N2. The van der Waals surface area contributed by atoms with Crippen LogP contribution in [-0.2, 0) is 6.54 Å². The number of hydrogen-bond donors (Lipinski definition) is 1. The molecule has 0 bridgehead atoms. The first-order valence-electron chi connectivity index (χ1n) is 6.41. The highest BCUT2D eigenvalue weighted by atomic mass is 35.5. The molecule has 0 aliphatic carbocycles. The molecule has 2 atom stereocenters. The third kappa shape index (κ3) is 3.61. The molecule has 2 fully saturated rings. The highest BCUT2D eigenvalue weighted by Crippen LogP contribution is 2.25. The Morgan fingerprint density at radius 2 is 1.89 bits per heavy atom. The van der Waals surface area contributed by atoms with Gasteiger partial charge in [-0.3, -0.25) is 4.90 Å². The van der Waals surface area contributed by atoms with E-state index in [1.807, 2.05) is 0 Å². The third-order valence-electron chi connectivity index (χ3n) is 4.01. The van der Waals surface area contributed by atoms with E-state index < -0.39 is 0 Å². The van der Waals surface area contributed by atoms with Crippen LogP contribution in [0.25, 0.3) is 0 Å². The smallest absolute Gasteiger partial charge is 0.0234 e. The van der Waals surface area contributed by atoms with Gasteiger partial charge < -0.3 is 5.32 Å². The number of halogens is 2. The highest BCUT2D eigenvalue weighted by molar-refractivity contribution is 5.85. The van der Waals surface area contributed by atoms with Crippen molar-refractivity contribution >= 4 is 24.8 Å². The predicted molar refractivity (Wildman–Crippen MR) is 80.7 cm³/mol. The number of piperidine rings is 1. The average Bonchev–Trinajstić information content (AvgIpc) is 2.77. The maximum atomic E-state index is 3.63. The Bertz CT molecular complexity index is 345. The van der Waals surface area contributed by atoms with Gasteiger partial charge in [0.15, 0.2) is 0 Å². The molecule has 1 N–H and O–H groups in total. The number of rotatable bonds is 2. The first-order valence-corrected chi connectivity index (χ1v) is 6.41. The fourth-order valence-corrected chi connectivity index (χ4v) is 3.08. The van der Waals surface area contributed by atoms with Gasteiger partial charge in [-0.15, -0.1) is 24.8 Å². The van der Waals surface area contributed by atoms with Gasteiger partial charge in [0.05, 0.1) is 0 Å². The van der Waals surface area contributed by atoms with E-state index in [9.17, 15) is 0 Å². The zero-order chi connectivity index (χ0) is 10.8. The molecule has 0 amide bonds. The summed E-state index contributed by atoms with van der Waals surface area (Å²) in [5.41, 5.74) is 1.44. The maximum absolute atomic E-state index is 3.63. The van der Waals surface area contributed by atoms with Crippen LogP contribution in [-0.4, -0.2) is 30.6 Å². The van der Waals surface area contributed by atoms with Gasteiger partial charge in [0.1, 0.15) is 0 Å². The van der Waals surface area contributed by atoms with Crippen LogP contribution in [0.4, 0.5) is 0 Å². The number of benzene rings is 1. The standard InChI is InChI=1S/C14H20N2.2ClH/c1-2-4-12(5-3-1)10-16-9-7-13-6-8-15-14(13)11-16;;/h1-5,13-15H,6-11H2;2*1H. The van der Waals surface area contributed by atoms with Crippen LogP contribution < -0.4 is 5.32 Å². The highest BCUT2D eigenvalue weighted by Gasteiger charge is 2.32. The summed E-state index contributed by atoms with van der Waals surface area (Å²) in [5, 5.41) is 3.63. The van der Waals surface area contributed by atoms with Crippen molar-refractivity contribution in [3.8, 4) is 0 Å². The fourth-order valence-electron chi connectivity index (χ4n) is 3.08. The SMILES string of the molecule is Cl.Cl.c1ccc(CN2CCC3CCNC3C2)cc1. The Balaban J connectivity index is 0.000000810. The summed E-state index contributed by atoms with van der Waals surface area (Å²) in [6.45, 7) is 4.86. The van der Waals surface area contributed by atoms with Gasteiger partial charge in [-0.25, -0.2) is 0 Å². The monoisotopic (exact) mass is 288 g/mol. The summed E-state index contributed by atoms with van der Waals surface area (Å²) < 4.78 is 0. The van der Waals surface area contributed by atoms with Crippen molar-refractivity contribution in [3.05, 3.63) is 35.9 Å². The van der Waals surface area contributed by atoms with Gasteiger partial charge in [0.2, 0.25) is 0 Å². The summed E-state index contributed by atoms with van der Waals surface area (Å²) in [4.78, 5) is 2.59. The lowest BCUT2D eigenvalue weighted by atomic mass is 9.92. The van der Waals surface area contributed by atoms with E-state index in [-0.39, 0.29) is 24.8 Å². The maximum Gasteiger partial charge on any atom is 0.0234 e. The predicted octanol–water partition coefficient (Wildman–Crippen LogP) is 2.71. The minimum atomic E-state index is 0. The van der Waals surface area contributed by atoms with Gasteiger partial charge in [0.25, 0.3) is 0 Å². The lowest BCUT2D eigenvalue weighted by Crippen LogP contribution is -2.45. The van der Waals surface area contributed by atoms with Crippen LogP contribution in [0.5, 0.6) is 0 Å². The van der Waals surface area contributed by atoms with E-state index in [4.69, 9.17) is 0 Å². The van der Waals surface area contributed by atoms with Crippen molar-refractivity contribution in [1.29, 1.82) is 0 Å². The first-order chi connectivity index (χ1) is 7.92. The Morgan fingerprint density at radius 3 is 2.67 bits per heavy atom. The molecule has 2 nitrogen and oxygen atoms in total. The molecule has 2 unspecified atom stereocenters. The number of likely N-dealkylation sites (tertiary alicyclic amines) is 1. The van der Waals surface area contributed by atoms with Crippen molar-refractivity contribution < 1.29 is 0 Å². The molecule has 1 aromatic carbocycles. The molecular weight excluding hydrogens is 267 g/mol. The van der Waals surface area contributed by atoms with Crippen LogP contribution in [0.15, 0.2) is 30.3 Å². The van der Waals surface area contributed by atoms with Crippen molar-refractivity contribution in [3.63, 3.8) is 0 Å². The minimum Gasteiger partial charge on any atom is -0.312 e. The van der Waals surface area contributed by atoms with Crippen molar-refractivity contribution in [2.45, 2.75) is 25.4 Å². The molecule has 2 aliphatic heterocycles. The lowest BCUT2D eigenvalue weighted by Gasteiger charge is -2.34. The summed E-state index contributed by atoms with van der Waals surface area (Å²) in [6.07, 6.45) is 2.77. The van der Waals surface area contributed by atoms with Crippen LogP contribution in [0.2, 0.25) is 0 Å². The summed E-state index contributed by atoms with van der Waals surface area (Å²) in [6, 6.07) is 11.6. The second kappa shape index (κ2) is 7.34. The topological polar surface area (TPSA) is 15.3 Å². The van der Waals surface area contributed by atoms with E-state index >= 15 is 0 Å². The molecule has 0 aromatic heterocycles. The number of hydrogen-bond acceptors (Lipinski definition) is 2. The second-order valence-electron chi connectivity index (χ2n) is 5.12. The molecule has 2 heterocycles. The molecule has 0 spiro atoms. The minimum absolute atomic E-state index is 0. The summed E-state index contributed by atoms with van der Waals surface area (Å²) in [5.74, 6) is 0.951. The largest absolute Gasteiger partial charge is 0.312 e. The fraction of sp³-hybridized carbons (Fsp3) is 0.571. The Labute approximate surface area is 122 Å². The number of nitrogens with one attached hydrogen (secondary N) is 1. The second-order valence-corrected chi connectivity index (χ2v) is 5.12. The van der Waals surface area contributed by atoms with Crippen LogP contribution in [0.3, 0.4) is 0 Å². The molecule has 0 saturated carbocycles. The molecule has 1 aromatic rings. The van der Waals surface area contributed by atoms with Crippen molar-refractivity contribution in [2.75, 3.05) is 19.6 Å². The molecule has 2 saturated heterocycles. The van der Waals surface area contributed by atoms with E-state index in [1.165, 1.54) is 38.0 Å². The molecule has 3 rings (SSSR count). The van der Waals surface area contributed by atoms with E-state index in [1.54, 1.807) is 0 Å². The molecule has 0 radical (unpaired) electrons. The van der Waals surface area contributed by atoms with Gasteiger partial charge in [-0.2, -0.15) is 0 Å². The zero-order valence-corrected chi connectivity index (χ0v) is 12.2.